The number of fused-ring (bicyclic) bond motifs is 1. The topological polar surface area (TPSA) is 28.2 Å². The second-order valence-corrected chi connectivity index (χ2v) is 5.17. The maximum Gasteiger partial charge on any atom is 0.164 e. The van der Waals surface area contributed by atoms with Crippen molar-refractivity contribution in [3.05, 3.63) is 23.2 Å². The molecule has 1 aromatic rings. The first-order chi connectivity index (χ1) is 8.24. The first-order valence-electron chi connectivity index (χ1n) is 6.03. The minimum atomic E-state index is -0.434. The van der Waals surface area contributed by atoms with Crippen molar-refractivity contribution in [1.82, 2.24) is 10.3 Å². The van der Waals surface area contributed by atoms with Gasteiger partial charge in [0.1, 0.15) is 0 Å². The van der Waals surface area contributed by atoms with Crippen molar-refractivity contribution in [2.45, 2.75) is 18.9 Å². The van der Waals surface area contributed by atoms with Gasteiger partial charge >= 0.3 is 0 Å². The molecule has 0 bridgehead atoms. The van der Waals surface area contributed by atoms with Crippen LogP contribution in [0.3, 0.4) is 0 Å². The number of aromatic nitrogens is 1. The molecule has 92 valence electrons. The molecule has 0 aliphatic carbocycles. The number of nitrogens with one attached hydrogen (secondary N) is 1. The zero-order valence-corrected chi connectivity index (χ0v) is 10.3. The number of hydrogen-bond acceptors (Lipinski definition) is 3. The van der Waals surface area contributed by atoms with Crippen LogP contribution in [0.25, 0.3) is 0 Å². The Bertz CT molecular complexity index is 426. The lowest BCUT2D eigenvalue weighted by molar-refractivity contribution is 0.376. The molecule has 0 radical (unpaired) electrons. The summed E-state index contributed by atoms with van der Waals surface area (Å²) >= 11 is 5.59. The molecular formula is C12H15ClFN3. The summed E-state index contributed by atoms with van der Waals surface area (Å²) in [4.78, 5) is 6.08. The summed E-state index contributed by atoms with van der Waals surface area (Å²) in [6, 6.07) is 2.13. The Hall–Kier alpha value is -0.870. The molecular weight excluding hydrogens is 241 g/mol. The standard InChI is InChI=1S/C12H15ClFN3/c13-12-10(14)5-9(6-16-12)17-4-2-11-8(7-17)1-3-15-11/h5-6,8,11,15H,1-4,7H2. The van der Waals surface area contributed by atoms with Crippen LogP contribution in [-0.4, -0.2) is 30.7 Å². The minimum Gasteiger partial charge on any atom is -0.370 e. The second-order valence-electron chi connectivity index (χ2n) is 4.81. The molecule has 3 nitrogen and oxygen atoms in total. The molecule has 0 spiro atoms. The third kappa shape index (κ3) is 2.11. The lowest BCUT2D eigenvalue weighted by Gasteiger charge is -2.36. The first-order valence-corrected chi connectivity index (χ1v) is 6.41. The molecule has 2 saturated heterocycles. The third-order valence-electron chi connectivity index (χ3n) is 3.80. The molecule has 17 heavy (non-hydrogen) atoms. The summed E-state index contributed by atoms with van der Waals surface area (Å²) in [5.41, 5.74) is 0.845. The predicted octanol–water partition coefficient (Wildman–Crippen LogP) is 2.06. The lowest BCUT2D eigenvalue weighted by Crippen LogP contribution is -2.44. The maximum absolute atomic E-state index is 13.4. The highest BCUT2D eigenvalue weighted by molar-refractivity contribution is 6.29. The zero-order valence-electron chi connectivity index (χ0n) is 9.50. The van der Waals surface area contributed by atoms with Crippen molar-refractivity contribution < 1.29 is 4.39 Å². The van der Waals surface area contributed by atoms with Crippen molar-refractivity contribution in [1.29, 1.82) is 0 Å². The van der Waals surface area contributed by atoms with E-state index in [0.717, 1.165) is 31.7 Å². The van der Waals surface area contributed by atoms with Gasteiger partial charge in [-0.15, -0.1) is 0 Å². The number of anilines is 1. The number of rotatable bonds is 1. The van der Waals surface area contributed by atoms with E-state index in [4.69, 9.17) is 11.6 Å². The predicted molar refractivity (Wildman–Crippen MR) is 65.9 cm³/mol. The molecule has 0 aromatic carbocycles. The molecule has 2 aliphatic rings. The fraction of sp³-hybridized carbons (Fsp3) is 0.583. The maximum atomic E-state index is 13.4. The van der Waals surface area contributed by atoms with Gasteiger partial charge in [0.25, 0.3) is 0 Å². The van der Waals surface area contributed by atoms with Gasteiger partial charge < -0.3 is 10.2 Å². The highest BCUT2D eigenvalue weighted by Gasteiger charge is 2.32. The van der Waals surface area contributed by atoms with Crippen LogP contribution in [0, 0.1) is 11.7 Å². The third-order valence-corrected chi connectivity index (χ3v) is 4.08. The number of hydrogen-bond donors (Lipinski definition) is 1. The van der Waals surface area contributed by atoms with Crippen LogP contribution >= 0.6 is 11.6 Å². The van der Waals surface area contributed by atoms with E-state index in [1.54, 1.807) is 6.20 Å². The van der Waals surface area contributed by atoms with Gasteiger partial charge in [0.2, 0.25) is 0 Å². The van der Waals surface area contributed by atoms with Crippen LogP contribution in [0.1, 0.15) is 12.8 Å². The molecule has 2 fully saturated rings. The highest BCUT2D eigenvalue weighted by atomic mass is 35.5. The van der Waals surface area contributed by atoms with Crippen molar-refractivity contribution in [2.75, 3.05) is 24.5 Å². The first kappa shape index (κ1) is 11.2. The van der Waals surface area contributed by atoms with E-state index in [0.29, 0.717) is 12.0 Å². The Balaban J connectivity index is 1.78. The van der Waals surface area contributed by atoms with E-state index in [1.165, 1.54) is 12.5 Å². The van der Waals surface area contributed by atoms with E-state index >= 15 is 0 Å². The zero-order chi connectivity index (χ0) is 11.8. The summed E-state index contributed by atoms with van der Waals surface area (Å²) < 4.78 is 13.4. The van der Waals surface area contributed by atoms with Crippen molar-refractivity contribution in [2.24, 2.45) is 5.92 Å². The van der Waals surface area contributed by atoms with Crippen molar-refractivity contribution in [3.63, 3.8) is 0 Å². The highest BCUT2D eigenvalue weighted by Crippen LogP contribution is 2.28. The monoisotopic (exact) mass is 255 g/mol. The summed E-state index contributed by atoms with van der Waals surface area (Å²) in [7, 11) is 0. The molecule has 3 rings (SSSR count). The van der Waals surface area contributed by atoms with Crippen LogP contribution in [0.5, 0.6) is 0 Å². The quantitative estimate of drug-likeness (QED) is 0.779. The van der Waals surface area contributed by atoms with Gasteiger partial charge in [-0.05, 0) is 25.3 Å². The van der Waals surface area contributed by atoms with E-state index in [-0.39, 0.29) is 5.15 Å². The fourth-order valence-electron chi connectivity index (χ4n) is 2.87. The second kappa shape index (κ2) is 4.42. The van der Waals surface area contributed by atoms with Gasteiger partial charge in [-0.1, -0.05) is 11.6 Å². The Morgan fingerprint density at radius 1 is 1.47 bits per heavy atom. The molecule has 3 heterocycles. The van der Waals surface area contributed by atoms with Gasteiger partial charge in [-0.2, -0.15) is 0 Å². The number of halogens is 2. The largest absolute Gasteiger partial charge is 0.370 e. The number of piperidine rings is 1. The average Bonchev–Trinajstić information content (AvgIpc) is 2.79. The van der Waals surface area contributed by atoms with Crippen LogP contribution in [0.15, 0.2) is 12.3 Å². The summed E-state index contributed by atoms with van der Waals surface area (Å²) in [5, 5.41) is 3.46. The number of nitrogens with zero attached hydrogens (tertiary/aromatic N) is 2. The molecule has 1 aromatic heterocycles. The normalized spacial score (nSPS) is 28.2. The van der Waals surface area contributed by atoms with E-state index in [9.17, 15) is 4.39 Å². The Kier molecular flexibility index (Phi) is 2.92. The smallest absolute Gasteiger partial charge is 0.164 e. The summed E-state index contributed by atoms with van der Waals surface area (Å²) in [5.74, 6) is 0.248. The molecule has 1 N–H and O–H groups in total. The minimum absolute atomic E-state index is 0.0498. The van der Waals surface area contributed by atoms with Gasteiger partial charge in [0, 0.05) is 25.2 Å². The van der Waals surface area contributed by atoms with E-state index in [2.05, 4.69) is 15.2 Å². The van der Waals surface area contributed by atoms with Crippen LogP contribution in [-0.2, 0) is 0 Å². The van der Waals surface area contributed by atoms with Crippen LogP contribution in [0.4, 0.5) is 10.1 Å². The van der Waals surface area contributed by atoms with Gasteiger partial charge in [0.15, 0.2) is 11.0 Å². The van der Waals surface area contributed by atoms with E-state index in [1.807, 2.05) is 0 Å². The number of pyridine rings is 1. The molecule has 0 saturated carbocycles. The average molecular weight is 256 g/mol. The van der Waals surface area contributed by atoms with Crippen molar-refractivity contribution >= 4 is 17.3 Å². The van der Waals surface area contributed by atoms with E-state index < -0.39 is 5.82 Å². The molecule has 0 amide bonds. The lowest BCUT2D eigenvalue weighted by atomic mass is 9.93. The molecule has 2 atom stereocenters. The van der Waals surface area contributed by atoms with Gasteiger partial charge in [-0.25, -0.2) is 9.37 Å². The van der Waals surface area contributed by atoms with Crippen molar-refractivity contribution in [3.8, 4) is 0 Å². The van der Waals surface area contributed by atoms with Gasteiger partial charge in [0.05, 0.1) is 11.9 Å². The summed E-state index contributed by atoms with van der Waals surface area (Å²) in [6.45, 7) is 3.05. The van der Waals surface area contributed by atoms with Crippen LogP contribution < -0.4 is 10.2 Å². The van der Waals surface area contributed by atoms with Gasteiger partial charge in [-0.3, -0.25) is 0 Å². The Morgan fingerprint density at radius 3 is 3.18 bits per heavy atom. The SMILES string of the molecule is Fc1cc(N2CCC3NCCC3C2)cnc1Cl. The Morgan fingerprint density at radius 2 is 2.35 bits per heavy atom. The molecule has 5 heteroatoms. The summed E-state index contributed by atoms with van der Waals surface area (Å²) in [6.07, 6.45) is 3.99. The van der Waals surface area contributed by atoms with Crippen LogP contribution in [0.2, 0.25) is 5.15 Å². The molecule has 2 unspecified atom stereocenters. The fourth-order valence-corrected chi connectivity index (χ4v) is 2.97. The molecule has 2 aliphatic heterocycles. The Labute approximate surface area is 105 Å².